The normalized spacial score (nSPS) is 13.6. The van der Waals surface area contributed by atoms with Crippen LogP contribution >= 0.6 is 11.6 Å². The van der Waals surface area contributed by atoms with Crippen molar-refractivity contribution in [2.24, 2.45) is 0 Å². The summed E-state index contributed by atoms with van der Waals surface area (Å²) in [7, 11) is -3.26. The van der Waals surface area contributed by atoms with Gasteiger partial charge in [-0.2, -0.15) is 0 Å². The molecule has 0 unspecified atom stereocenters. The zero-order valence-corrected chi connectivity index (χ0v) is 15.5. The maximum atomic E-state index is 11.6. The van der Waals surface area contributed by atoms with Crippen LogP contribution in [0.5, 0.6) is 5.88 Å². The molecular weight excluding hydrogens is 350 g/mol. The number of benzene rings is 1. The number of rotatable bonds is 5. The third kappa shape index (κ3) is 4.47. The Morgan fingerprint density at radius 1 is 1.25 bits per heavy atom. The SMILES string of the molecule is C[C@@H](Oc1ncc(Cl)cc1-c1ccc(S(C)(=O)=O)cc1)C(C)(C)O. The molecule has 0 amide bonds. The molecule has 0 saturated carbocycles. The largest absolute Gasteiger partial charge is 0.471 e. The molecule has 0 radical (unpaired) electrons. The predicted molar refractivity (Wildman–Crippen MR) is 94.2 cm³/mol. The molecule has 0 bridgehead atoms. The Labute approximate surface area is 147 Å². The third-order valence-electron chi connectivity index (χ3n) is 3.69. The first kappa shape index (κ1) is 18.7. The Kier molecular flexibility index (Phi) is 5.22. The first-order valence-electron chi connectivity index (χ1n) is 7.33. The summed E-state index contributed by atoms with van der Waals surface area (Å²) in [6, 6.07) is 8.08. The zero-order chi connectivity index (χ0) is 18.1. The van der Waals surface area contributed by atoms with E-state index in [1.165, 1.54) is 18.3 Å². The van der Waals surface area contributed by atoms with Crippen LogP contribution < -0.4 is 4.74 Å². The molecule has 1 aromatic heterocycles. The molecule has 0 aliphatic rings. The molecule has 1 heterocycles. The monoisotopic (exact) mass is 369 g/mol. The maximum absolute atomic E-state index is 11.6. The Bertz CT molecular complexity index is 827. The molecule has 0 aliphatic heterocycles. The summed E-state index contributed by atoms with van der Waals surface area (Å²) in [5, 5.41) is 10.5. The first-order valence-corrected chi connectivity index (χ1v) is 9.60. The second-order valence-electron chi connectivity index (χ2n) is 6.22. The number of sulfone groups is 1. The van der Waals surface area contributed by atoms with Crippen LogP contribution in [-0.2, 0) is 9.84 Å². The van der Waals surface area contributed by atoms with Crippen LogP contribution in [0.1, 0.15) is 20.8 Å². The Morgan fingerprint density at radius 2 is 1.83 bits per heavy atom. The summed E-state index contributed by atoms with van der Waals surface area (Å²) in [5.41, 5.74) is 0.299. The van der Waals surface area contributed by atoms with Gasteiger partial charge in [0.25, 0.3) is 0 Å². The summed E-state index contributed by atoms with van der Waals surface area (Å²) in [5.74, 6) is 0.320. The molecule has 0 saturated heterocycles. The van der Waals surface area contributed by atoms with E-state index in [2.05, 4.69) is 4.98 Å². The number of aliphatic hydroxyl groups is 1. The van der Waals surface area contributed by atoms with Crippen LogP contribution in [0.3, 0.4) is 0 Å². The quantitative estimate of drug-likeness (QED) is 0.874. The second-order valence-corrected chi connectivity index (χ2v) is 8.67. The van der Waals surface area contributed by atoms with Gasteiger partial charge in [-0.1, -0.05) is 23.7 Å². The van der Waals surface area contributed by atoms with Crippen molar-refractivity contribution in [3.8, 4) is 17.0 Å². The Balaban J connectivity index is 2.44. The highest BCUT2D eigenvalue weighted by atomic mass is 35.5. The van der Waals surface area contributed by atoms with Crippen LogP contribution in [0.2, 0.25) is 5.02 Å². The predicted octanol–water partition coefficient (Wildman–Crippen LogP) is 3.34. The molecule has 0 fully saturated rings. The summed E-state index contributed by atoms with van der Waals surface area (Å²) in [6.45, 7) is 5.04. The van der Waals surface area contributed by atoms with Gasteiger partial charge in [-0.25, -0.2) is 13.4 Å². The van der Waals surface area contributed by atoms with Crippen molar-refractivity contribution in [1.82, 2.24) is 4.98 Å². The third-order valence-corrected chi connectivity index (χ3v) is 5.03. The summed E-state index contributed by atoms with van der Waals surface area (Å²) in [4.78, 5) is 4.43. The number of hydrogen-bond acceptors (Lipinski definition) is 5. The zero-order valence-electron chi connectivity index (χ0n) is 13.9. The van der Waals surface area contributed by atoms with Crippen molar-refractivity contribution >= 4 is 21.4 Å². The van der Waals surface area contributed by atoms with E-state index >= 15 is 0 Å². The lowest BCUT2D eigenvalue weighted by atomic mass is 10.0. The van der Waals surface area contributed by atoms with Crippen molar-refractivity contribution in [3.63, 3.8) is 0 Å². The van der Waals surface area contributed by atoms with Crippen molar-refractivity contribution < 1.29 is 18.3 Å². The highest BCUT2D eigenvalue weighted by Crippen LogP contribution is 2.32. The fourth-order valence-electron chi connectivity index (χ4n) is 1.92. The minimum Gasteiger partial charge on any atom is -0.471 e. The number of hydrogen-bond donors (Lipinski definition) is 1. The summed E-state index contributed by atoms with van der Waals surface area (Å²) in [6.07, 6.45) is 2.12. The number of ether oxygens (including phenoxy) is 1. The van der Waals surface area contributed by atoms with Gasteiger partial charge in [0.05, 0.1) is 15.5 Å². The second kappa shape index (κ2) is 6.70. The fourth-order valence-corrected chi connectivity index (χ4v) is 2.71. The lowest BCUT2D eigenvalue weighted by molar-refractivity contribution is -0.0257. The maximum Gasteiger partial charge on any atom is 0.221 e. The van der Waals surface area contributed by atoms with E-state index in [0.29, 0.717) is 16.5 Å². The van der Waals surface area contributed by atoms with Crippen LogP contribution in [0, 0.1) is 0 Å². The van der Waals surface area contributed by atoms with E-state index in [4.69, 9.17) is 16.3 Å². The molecule has 0 spiro atoms. The van der Waals surface area contributed by atoms with Crippen molar-refractivity contribution in [1.29, 1.82) is 0 Å². The smallest absolute Gasteiger partial charge is 0.221 e. The lowest BCUT2D eigenvalue weighted by Crippen LogP contribution is -2.38. The molecule has 24 heavy (non-hydrogen) atoms. The molecule has 1 aromatic carbocycles. The molecular formula is C17H20ClNO4S. The van der Waals surface area contributed by atoms with Crippen molar-refractivity contribution in [2.75, 3.05) is 6.26 Å². The average molecular weight is 370 g/mol. The molecule has 2 rings (SSSR count). The lowest BCUT2D eigenvalue weighted by Gasteiger charge is -2.27. The molecule has 7 heteroatoms. The Hall–Kier alpha value is -1.63. The minimum atomic E-state index is -3.26. The molecule has 1 atom stereocenters. The van der Waals surface area contributed by atoms with E-state index in [1.54, 1.807) is 39.0 Å². The molecule has 2 aromatic rings. The van der Waals surface area contributed by atoms with Gasteiger partial charge in [0.2, 0.25) is 5.88 Å². The van der Waals surface area contributed by atoms with Gasteiger partial charge in [-0.05, 0) is 44.5 Å². The molecule has 130 valence electrons. The van der Waals surface area contributed by atoms with E-state index in [1.807, 2.05) is 0 Å². The van der Waals surface area contributed by atoms with Gasteiger partial charge in [0.15, 0.2) is 9.84 Å². The van der Waals surface area contributed by atoms with Crippen LogP contribution in [0.4, 0.5) is 0 Å². The first-order chi connectivity index (χ1) is 11.0. The van der Waals surface area contributed by atoms with Gasteiger partial charge in [-0.15, -0.1) is 0 Å². The minimum absolute atomic E-state index is 0.230. The fraction of sp³-hybridized carbons (Fsp3) is 0.353. The highest BCUT2D eigenvalue weighted by molar-refractivity contribution is 7.90. The van der Waals surface area contributed by atoms with Crippen LogP contribution in [0.15, 0.2) is 41.4 Å². The summed E-state index contributed by atoms with van der Waals surface area (Å²) < 4.78 is 28.9. The van der Waals surface area contributed by atoms with Gasteiger partial charge in [0, 0.05) is 18.0 Å². The van der Waals surface area contributed by atoms with Crippen LogP contribution in [0.25, 0.3) is 11.1 Å². The standard InChI is InChI=1S/C17H20ClNO4S/c1-11(17(2,3)20)23-16-15(9-13(18)10-19-16)12-5-7-14(8-6-12)24(4,21)22/h5-11,20H,1-4H3/t11-/m1/s1. The van der Waals surface area contributed by atoms with E-state index < -0.39 is 21.5 Å². The van der Waals surface area contributed by atoms with Gasteiger partial charge < -0.3 is 9.84 Å². The van der Waals surface area contributed by atoms with Crippen molar-refractivity contribution in [2.45, 2.75) is 37.4 Å². The number of aromatic nitrogens is 1. The Morgan fingerprint density at radius 3 is 2.33 bits per heavy atom. The summed E-state index contributed by atoms with van der Waals surface area (Å²) >= 11 is 6.03. The van der Waals surface area contributed by atoms with E-state index in [0.717, 1.165) is 11.8 Å². The molecule has 5 nitrogen and oxygen atoms in total. The molecule has 0 aliphatic carbocycles. The van der Waals surface area contributed by atoms with Gasteiger partial charge in [-0.3, -0.25) is 0 Å². The average Bonchev–Trinajstić information content (AvgIpc) is 2.47. The van der Waals surface area contributed by atoms with Gasteiger partial charge in [0.1, 0.15) is 6.10 Å². The number of halogens is 1. The number of nitrogens with zero attached hydrogens (tertiary/aromatic N) is 1. The molecule has 1 N–H and O–H groups in total. The van der Waals surface area contributed by atoms with E-state index in [9.17, 15) is 13.5 Å². The van der Waals surface area contributed by atoms with Crippen LogP contribution in [-0.4, -0.2) is 36.5 Å². The highest BCUT2D eigenvalue weighted by Gasteiger charge is 2.25. The van der Waals surface area contributed by atoms with Gasteiger partial charge >= 0.3 is 0 Å². The van der Waals surface area contributed by atoms with Crippen molar-refractivity contribution in [3.05, 3.63) is 41.6 Å². The topological polar surface area (TPSA) is 76.5 Å². The number of pyridine rings is 1. The van der Waals surface area contributed by atoms with E-state index in [-0.39, 0.29) is 4.90 Å².